The highest BCUT2D eigenvalue weighted by molar-refractivity contribution is 14.1. The van der Waals surface area contributed by atoms with Crippen molar-refractivity contribution >= 4 is 22.6 Å². The fourth-order valence-corrected chi connectivity index (χ4v) is 4.78. The maximum atomic E-state index is 13.5. The van der Waals surface area contributed by atoms with E-state index >= 15 is 0 Å². The van der Waals surface area contributed by atoms with Crippen molar-refractivity contribution in [3.05, 3.63) is 52.1 Å². The summed E-state index contributed by atoms with van der Waals surface area (Å²) < 4.78 is 46.5. The molecule has 2 nitrogen and oxygen atoms in total. The Labute approximate surface area is 183 Å². The third-order valence-corrected chi connectivity index (χ3v) is 6.65. The molecular formula is C23H26F3IO2. The second kappa shape index (κ2) is 8.10. The van der Waals surface area contributed by atoms with Gasteiger partial charge in [0, 0.05) is 10.3 Å². The first-order chi connectivity index (χ1) is 13.4. The molecule has 158 valence electrons. The standard InChI is InChI=1S/C23H26F3IO2/c1-13-9-16(29-8-7-22(3,4)28)10-14(2)21(13)19-12-15(23(24,25)26)11-18-17(19)5-6-20(18)27/h9-12,20,28H,5-8H2,1-4H3/t20-/m1/s1. The number of benzene rings is 2. The smallest absolute Gasteiger partial charge is 0.416 e. The van der Waals surface area contributed by atoms with Gasteiger partial charge in [-0.3, -0.25) is 0 Å². The lowest BCUT2D eigenvalue weighted by Gasteiger charge is -2.20. The molecule has 0 aromatic heterocycles. The number of alkyl halides is 4. The Morgan fingerprint density at radius 2 is 1.72 bits per heavy atom. The topological polar surface area (TPSA) is 29.5 Å². The van der Waals surface area contributed by atoms with Crippen LogP contribution < -0.4 is 4.74 Å². The Morgan fingerprint density at radius 1 is 1.10 bits per heavy atom. The molecule has 0 amide bonds. The van der Waals surface area contributed by atoms with E-state index < -0.39 is 17.3 Å². The first-order valence-corrected chi connectivity index (χ1v) is 11.0. The van der Waals surface area contributed by atoms with E-state index in [1.807, 2.05) is 26.0 Å². The van der Waals surface area contributed by atoms with Crippen LogP contribution in [0.2, 0.25) is 0 Å². The SMILES string of the molecule is Cc1cc(OCCC(C)(C)O)cc(C)c1-c1cc(C(F)(F)F)cc2c1CC[C@H]2I. The van der Waals surface area contributed by atoms with Gasteiger partial charge in [-0.05, 0) is 98.2 Å². The van der Waals surface area contributed by atoms with E-state index in [1.165, 1.54) is 12.1 Å². The molecule has 0 saturated carbocycles. The number of fused-ring (bicyclic) bond motifs is 1. The van der Waals surface area contributed by atoms with E-state index in [4.69, 9.17) is 4.74 Å². The third kappa shape index (κ3) is 5.08. The van der Waals surface area contributed by atoms with E-state index in [9.17, 15) is 18.3 Å². The number of halogens is 4. The molecule has 1 atom stereocenters. The molecule has 29 heavy (non-hydrogen) atoms. The summed E-state index contributed by atoms with van der Waals surface area (Å²) in [5, 5.41) is 9.83. The van der Waals surface area contributed by atoms with Crippen molar-refractivity contribution in [2.24, 2.45) is 0 Å². The first-order valence-electron chi connectivity index (χ1n) is 9.72. The van der Waals surface area contributed by atoms with Crippen molar-refractivity contribution in [1.82, 2.24) is 0 Å². The second-order valence-electron chi connectivity index (χ2n) is 8.44. The fraction of sp³-hybridized carbons (Fsp3) is 0.478. The van der Waals surface area contributed by atoms with Crippen LogP contribution in [0.15, 0.2) is 24.3 Å². The van der Waals surface area contributed by atoms with Crippen LogP contribution in [0.5, 0.6) is 5.75 Å². The number of ether oxygens (including phenoxy) is 1. The Kier molecular flexibility index (Phi) is 6.26. The average molecular weight is 518 g/mol. The van der Waals surface area contributed by atoms with Crippen molar-refractivity contribution < 1.29 is 23.0 Å². The molecule has 0 saturated heterocycles. The molecule has 1 aliphatic rings. The average Bonchev–Trinajstić information content (AvgIpc) is 2.93. The van der Waals surface area contributed by atoms with E-state index in [-0.39, 0.29) is 3.92 Å². The lowest BCUT2D eigenvalue weighted by atomic mass is 9.89. The Morgan fingerprint density at radius 3 is 2.28 bits per heavy atom. The van der Waals surface area contributed by atoms with Crippen molar-refractivity contribution in [2.45, 2.75) is 62.7 Å². The summed E-state index contributed by atoms with van der Waals surface area (Å²) in [5.41, 5.74) is 3.76. The Hall–Kier alpha value is -1.28. The first kappa shape index (κ1) is 22.4. The predicted molar refractivity (Wildman–Crippen MR) is 118 cm³/mol. The van der Waals surface area contributed by atoms with Crippen LogP contribution in [0, 0.1) is 13.8 Å². The van der Waals surface area contributed by atoms with Gasteiger partial charge < -0.3 is 9.84 Å². The summed E-state index contributed by atoms with van der Waals surface area (Å²) in [4.78, 5) is 0. The molecule has 0 unspecified atom stereocenters. The Bertz CT molecular complexity index is 891. The van der Waals surface area contributed by atoms with E-state index in [0.717, 1.165) is 40.7 Å². The van der Waals surface area contributed by atoms with E-state index in [0.29, 0.717) is 24.3 Å². The maximum absolute atomic E-state index is 13.5. The zero-order chi connectivity index (χ0) is 21.6. The summed E-state index contributed by atoms with van der Waals surface area (Å²) in [7, 11) is 0. The van der Waals surface area contributed by atoms with E-state index in [1.54, 1.807) is 13.8 Å². The zero-order valence-electron chi connectivity index (χ0n) is 17.1. The molecule has 0 spiro atoms. The number of hydrogen-bond donors (Lipinski definition) is 1. The molecular weight excluding hydrogens is 492 g/mol. The van der Waals surface area contributed by atoms with Crippen molar-refractivity contribution in [2.75, 3.05) is 6.61 Å². The van der Waals surface area contributed by atoms with Crippen LogP contribution in [-0.4, -0.2) is 17.3 Å². The van der Waals surface area contributed by atoms with Crippen molar-refractivity contribution in [1.29, 1.82) is 0 Å². The minimum Gasteiger partial charge on any atom is -0.493 e. The van der Waals surface area contributed by atoms with E-state index in [2.05, 4.69) is 22.6 Å². The quantitative estimate of drug-likeness (QED) is 0.343. The Balaban J connectivity index is 2.03. The second-order valence-corrected chi connectivity index (χ2v) is 9.94. The van der Waals surface area contributed by atoms with Crippen molar-refractivity contribution in [3.8, 4) is 16.9 Å². The molecule has 3 rings (SSSR count). The highest BCUT2D eigenvalue weighted by Crippen LogP contribution is 2.47. The molecule has 2 aromatic carbocycles. The number of hydrogen-bond acceptors (Lipinski definition) is 2. The summed E-state index contributed by atoms with van der Waals surface area (Å²) in [5.74, 6) is 0.670. The van der Waals surface area contributed by atoms with Crippen LogP contribution in [0.4, 0.5) is 13.2 Å². The van der Waals surface area contributed by atoms with Gasteiger partial charge >= 0.3 is 6.18 Å². The summed E-state index contributed by atoms with van der Waals surface area (Å²) in [6.45, 7) is 7.65. The maximum Gasteiger partial charge on any atom is 0.416 e. The summed E-state index contributed by atoms with van der Waals surface area (Å²) >= 11 is 2.24. The molecule has 1 aliphatic carbocycles. The van der Waals surface area contributed by atoms with Gasteiger partial charge in [-0.2, -0.15) is 13.2 Å². The van der Waals surface area contributed by atoms with Crippen LogP contribution >= 0.6 is 22.6 Å². The van der Waals surface area contributed by atoms with Gasteiger partial charge in [-0.25, -0.2) is 0 Å². The third-order valence-electron chi connectivity index (χ3n) is 5.36. The van der Waals surface area contributed by atoms with Crippen LogP contribution in [0.1, 0.15) is 58.4 Å². The van der Waals surface area contributed by atoms with Gasteiger partial charge in [0.15, 0.2) is 0 Å². The lowest BCUT2D eigenvalue weighted by molar-refractivity contribution is -0.137. The van der Waals surface area contributed by atoms with Gasteiger partial charge in [0.05, 0.1) is 17.8 Å². The largest absolute Gasteiger partial charge is 0.493 e. The van der Waals surface area contributed by atoms with Gasteiger partial charge in [0.2, 0.25) is 0 Å². The monoisotopic (exact) mass is 518 g/mol. The van der Waals surface area contributed by atoms with Crippen LogP contribution in [0.3, 0.4) is 0 Å². The normalized spacial score (nSPS) is 16.8. The predicted octanol–water partition coefficient (Wildman–Crippen LogP) is 6.95. The number of aryl methyl sites for hydroxylation is 2. The van der Waals surface area contributed by atoms with Crippen molar-refractivity contribution in [3.63, 3.8) is 0 Å². The summed E-state index contributed by atoms with van der Waals surface area (Å²) in [6, 6.07) is 6.37. The fourth-order valence-electron chi connectivity index (χ4n) is 3.92. The van der Waals surface area contributed by atoms with Gasteiger partial charge in [0.25, 0.3) is 0 Å². The van der Waals surface area contributed by atoms with Crippen LogP contribution in [0.25, 0.3) is 11.1 Å². The highest BCUT2D eigenvalue weighted by Gasteiger charge is 2.35. The molecule has 0 bridgehead atoms. The minimum absolute atomic E-state index is 0.105. The molecule has 2 aromatic rings. The van der Waals surface area contributed by atoms with Gasteiger partial charge in [-0.1, -0.05) is 22.6 Å². The van der Waals surface area contributed by atoms with Gasteiger partial charge in [0.1, 0.15) is 5.75 Å². The molecule has 0 fully saturated rings. The summed E-state index contributed by atoms with van der Waals surface area (Å²) in [6.07, 6.45) is -2.23. The molecule has 6 heteroatoms. The molecule has 1 N–H and O–H groups in total. The highest BCUT2D eigenvalue weighted by atomic mass is 127. The van der Waals surface area contributed by atoms with Crippen LogP contribution in [-0.2, 0) is 12.6 Å². The lowest BCUT2D eigenvalue weighted by Crippen LogP contribution is -2.21. The molecule has 0 heterocycles. The van der Waals surface area contributed by atoms with Gasteiger partial charge in [-0.15, -0.1) is 0 Å². The molecule has 0 aliphatic heterocycles. The zero-order valence-corrected chi connectivity index (χ0v) is 19.2. The number of rotatable bonds is 5. The molecule has 0 radical (unpaired) electrons. The number of aliphatic hydroxyl groups is 1. The minimum atomic E-state index is -4.37.